The minimum atomic E-state index is 0.439. The van der Waals surface area contributed by atoms with Crippen LogP contribution in [0.2, 0.25) is 0 Å². The van der Waals surface area contributed by atoms with Crippen LogP contribution in [0.25, 0.3) is 23.0 Å². The number of aryl methyl sites for hydroxylation is 2. The van der Waals surface area contributed by atoms with E-state index in [1.165, 1.54) is 0 Å². The third kappa shape index (κ3) is 2.25. The molecule has 0 unspecified atom stereocenters. The van der Waals surface area contributed by atoms with Gasteiger partial charge in [0.2, 0.25) is 5.82 Å². The standard InChI is InChI=1S/C15H14N4O/c1-9-6-10(2)13(17-8-9)14-18-15(20-19-14)11-4-3-5-12(16)7-11/h3-8H,16H2,1-2H3. The summed E-state index contributed by atoms with van der Waals surface area (Å²) in [5.41, 5.74) is 10.1. The Balaban J connectivity index is 2.02. The van der Waals surface area contributed by atoms with Gasteiger partial charge in [-0.05, 0) is 43.2 Å². The maximum atomic E-state index is 5.75. The van der Waals surface area contributed by atoms with Crippen molar-refractivity contribution in [3.8, 4) is 23.0 Å². The van der Waals surface area contributed by atoms with Crippen molar-refractivity contribution in [3.05, 3.63) is 47.7 Å². The van der Waals surface area contributed by atoms with Gasteiger partial charge in [0, 0.05) is 17.4 Å². The average Bonchev–Trinajstić information content (AvgIpc) is 2.88. The number of anilines is 1. The summed E-state index contributed by atoms with van der Waals surface area (Å²) >= 11 is 0. The van der Waals surface area contributed by atoms with Gasteiger partial charge in [-0.25, -0.2) is 0 Å². The first-order valence-electron chi connectivity index (χ1n) is 6.27. The molecule has 0 aliphatic rings. The van der Waals surface area contributed by atoms with Gasteiger partial charge in [0.15, 0.2) is 0 Å². The van der Waals surface area contributed by atoms with Crippen LogP contribution in [0.15, 0.2) is 41.1 Å². The quantitative estimate of drug-likeness (QED) is 0.721. The van der Waals surface area contributed by atoms with Crippen molar-refractivity contribution in [2.75, 3.05) is 5.73 Å². The van der Waals surface area contributed by atoms with Crippen LogP contribution < -0.4 is 5.73 Å². The molecule has 0 saturated heterocycles. The van der Waals surface area contributed by atoms with E-state index in [0.29, 0.717) is 17.4 Å². The van der Waals surface area contributed by atoms with Gasteiger partial charge >= 0.3 is 0 Å². The molecule has 2 heterocycles. The Morgan fingerprint density at radius 1 is 1.15 bits per heavy atom. The number of hydrogen-bond acceptors (Lipinski definition) is 5. The van der Waals surface area contributed by atoms with Crippen LogP contribution in [-0.2, 0) is 0 Å². The van der Waals surface area contributed by atoms with Crippen LogP contribution in [0.4, 0.5) is 5.69 Å². The molecule has 5 nitrogen and oxygen atoms in total. The van der Waals surface area contributed by atoms with E-state index in [4.69, 9.17) is 10.3 Å². The highest BCUT2D eigenvalue weighted by Gasteiger charge is 2.13. The Labute approximate surface area is 116 Å². The molecule has 0 bridgehead atoms. The van der Waals surface area contributed by atoms with Gasteiger partial charge in [0.1, 0.15) is 5.69 Å². The molecule has 3 rings (SSSR count). The molecular formula is C15H14N4O. The van der Waals surface area contributed by atoms with Crippen molar-refractivity contribution in [1.29, 1.82) is 0 Å². The van der Waals surface area contributed by atoms with Gasteiger partial charge in [0.25, 0.3) is 5.89 Å². The fourth-order valence-corrected chi connectivity index (χ4v) is 2.06. The summed E-state index contributed by atoms with van der Waals surface area (Å²) in [4.78, 5) is 8.75. The van der Waals surface area contributed by atoms with Gasteiger partial charge in [-0.1, -0.05) is 17.3 Å². The molecular weight excluding hydrogens is 252 g/mol. The van der Waals surface area contributed by atoms with Gasteiger partial charge in [-0.3, -0.25) is 4.98 Å². The van der Waals surface area contributed by atoms with E-state index >= 15 is 0 Å². The summed E-state index contributed by atoms with van der Waals surface area (Å²) in [5, 5.41) is 3.99. The minimum Gasteiger partial charge on any atom is -0.399 e. The molecule has 5 heteroatoms. The first-order chi connectivity index (χ1) is 9.63. The Bertz CT molecular complexity index is 764. The van der Waals surface area contributed by atoms with Gasteiger partial charge in [-0.2, -0.15) is 4.98 Å². The summed E-state index contributed by atoms with van der Waals surface area (Å²) in [5.74, 6) is 0.925. The molecule has 0 atom stereocenters. The number of hydrogen-bond donors (Lipinski definition) is 1. The zero-order chi connectivity index (χ0) is 14.1. The molecule has 0 saturated carbocycles. The fraction of sp³-hybridized carbons (Fsp3) is 0.133. The van der Waals surface area contributed by atoms with Crippen molar-refractivity contribution in [3.63, 3.8) is 0 Å². The molecule has 2 N–H and O–H groups in total. The number of rotatable bonds is 2. The number of aromatic nitrogens is 3. The Hall–Kier alpha value is -2.69. The number of benzene rings is 1. The largest absolute Gasteiger partial charge is 0.399 e. The SMILES string of the molecule is Cc1cnc(-c2noc(-c3cccc(N)c3)n2)c(C)c1. The van der Waals surface area contributed by atoms with Crippen molar-refractivity contribution >= 4 is 5.69 Å². The minimum absolute atomic E-state index is 0.439. The van der Waals surface area contributed by atoms with Crippen LogP contribution in [0.5, 0.6) is 0 Å². The Kier molecular flexibility index (Phi) is 2.95. The smallest absolute Gasteiger partial charge is 0.258 e. The highest BCUT2D eigenvalue weighted by molar-refractivity contribution is 5.62. The summed E-state index contributed by atoms with van der Waals surface area (Å²) in [6.45, 7) is 3.98. The predicted octanol–water partition coefficient (Wildman–Crippen LogP) is 3.00. The lowest BCUT2D eigenvalue weighted by molar-refractivity contribution is 0.432. The molecule has 0 amide bonds. The van der Waals surface area contributed by atoms with Gasteiger partial charge in [0.05, 0.1) is 0 Å². The highest BCUT2D eigenvalue weighted by atomic mass is 16.5. The number of nitrogens with zero attached hydrogens (tertiary/aromatic N) is 3. The monoisotopic (exact) mass is 266 g/mol. The molecule has 100 valence electrons. The van der Waals surface area contributed by atoms with Gasteiger partial charge < -0.3 is 10.3 Å². The van der Waals surface area contributed by atoms with E-state index in [1.807, 2.05) is 38.1 Å². The molecule has 1 aromatic carbocycles. The van der Waals surface area contributed by atoms with Crippen LogP contribution in [-0.4, -0.2) is 15.1 Å². The van der Waals surface area contributed by atoms with Crippen LogP contribution in [0, 0.1) is 13.8 Å². The van der Waals surface area contributed by atoms with Crippen molar-refractivity contribution in [1.82, 2.24) is 15.1 Å². The lowest BCUT2D eigenvalue weighted by Crippen LogP contribution is -1.91. The molecule has 0 aliphatic carbocycles. The van der Waals surface area contributed by atoms with Crippen molar-refractivity contribution in [2.45, 2.75) is 13.8 Å². The molecule has 20 heavy (non-hydrogen) atoms. The maximum absolute atomic E-state index is 5.75. The molecule has 3 aromatic rings. The zero-order valence-electron chi connectivity index (χ0n) is 11.3. The van der Waals surface area contributed by atoms with E-state index in [1.54, 1.807) is 12.3 Å². The van der Waals surface area contributed by atoms with Crippen LogP contribution in [0.1, 0.15) is 11.1 Å². The molecule has 2 aromatic heterocycles. The molecule has 0 spiro atoms. The lowest BCUT2D eigenvalue weighted by Gasteiger charge is -2.00. The predicted molar refractivity (Wildman–Crippen MR) is 76.9 cm³/mol. The van der Waals surface area contributed by atoms with Crippen molar-refractivity contribution < 1.29 is 4.52 Å². The van der Waals surface area contributed by atoms with Crippen molar-refractivity contribution in [2.24, 2.45) is 0 Å². The van der Waals surface area contributed by atoms with E-state index in [9.17, 15) is 0 Å². The van der Waals surface area contributed by atoms with E-state index in [-0.39, 0.29) is 0 Å². The zero-order valence-corrected chi connectivity index (χ0v) is 11.3. The molecule has 0 fully saturated rings. The van der Waals surface area contributed by atoms with E-state index in [0.717, 1.165) is 22.4 Å². The first-order valence-corrected chi connectivity index (χ1v) is 6.27. The van der Waals surface area contributed by atoms with Crippen LogP contribution in [0.3, 0.4) is 0 Å². The summed E-state index contributed by atoms with van der Waals surface area (Å²) in [6, 6.07) is 9.38. The summed E-state index contributed by atoms with van der Waals surface area (Å²) < 4.78 is 5.29. The molecule has 0 radical (unpaired) electrons. The average molecular weight is 266 g/mol. The van der Waals surface area contributed by atoms with Crippen LogP contribution >= 0.6 is 0 Å². The second kappa shape index (κ2) is 4.77. The van der Waals surface area contributed by atoms with E-state index < -0.39 is 0 Å². The Morgan fingerprint density at radius 3 is 2.75 bits per heavy atom. The normalized spacial score (nSPS) is 10.7. The highest BCUT2D eigenvalue weighted by Crippen LogP contribution is 2.24. The lowest BCUT2D eigenvalue weighted by atomic mass is 10.1. The summed E-state index contributed by atoms with van der Waals surface area (Å²) in [6.07, 6.45) is 1.79. The third-order valence-corrected chi connectivity index (χ3v) is 2.99. The summed E-state index contributed by atoms with van der Waals surface area (Å²) in [7, 11) is 0. The fourth-order valence-electron chi connectivity index (χ4n) is 2.06. The second-order valence-electron chi connectivity index (χ2n) is 4.73. The third-order valence-electron chi connectivity index (χ3n) is 2.99. The number of nitrogen functional groups attached to an aromatic ring is 1. The second-order valence-corrected chi connectivity index (χ2v) is 4.73. The molecule has 0 aliphatic heterocycles. The van der Waals surface area contributed by atoms with Gasteiger partial charge in [-0.15, -0.1) is 0 Å². The van der Waals surface area contributed by atoms with E-state index in [2.05, 4.69) is 15.1 Å². The Morgan fingerprint density at radius 2 is 2.00 bits per heavy atom. The topological polar surface area (TPSA) is 77.8 Å². The maximum Gasteiger partial charge on any atom is 0.258 e. The first kappa shape index (κ1) is 12.3. The number of nitrogens with two attached hydrogens (primary N) is 1. The number of pyridine rings is 1.